The fraction of sp³-hybridized carbons (Fsp3) is 0.0909. The second-order valence-electron chi connectivity index (χ2n) is 12.6. The molecule has 0 aliphatic carbocycles. The van der Waals surface area contributed by atoms with E-state index in [0.717, 1.165) is 28.4 Å². The van der Waals surface area contributed by atoms with E-state index < -0.39 is 0 Å². The van der Waals surface area contributed by atoms with Gasteiger partial charge < -0.3 is 9.80 Å². The molecule has 0 fully saturated rings. The van der Waals surface area contributed by atoms with Crippen LogP contribution in [0, 0.1) is 27.7 Å². The Morgan fingerprint density at radius 2 is 0.830 bits per heavy atom. The highest BCUT2D eigenvalue weighted by Gasteiger charge is 2.21. The molecule has 0 atom stereocenters. The van der Waals surface area contributed by atoms with Gasteiger partial charge in [0.25, 0.3) is 0 Å². The van der Waals surface area contributed by atoms with Crippen LogP contribution in [-0.4, -0.2) is 0 Å². The van der Waals surface area contributed by atoms with E-state index in [1.54, 1.807) is 0 Å². The molecule has 0 spiro atoms. The van der Waals surface area contributed by atoms with Crippen molar-refractivity contribution in [2.45, 2.75) is 27.7 Å². The number of nitrogens with zero attached hydrogens (tertiary/aromatic N) is 2. The third kappa shape index (κ3) is 5.33. The van der Waals surface area contributed by atoms with Gasteiger partial charge in [-0.05, 0) is 122 Å². The summed E-state index contributed by atoms with van der Waals surface area (Å²) in [5.41, 5.74) is 12.0. The lowest BCUT2D eigenvalue weighted by atomic mass is 10.00. The Bertz CT molecular complexity index is 2340. The fourth-order valence-electron chi connectivity index (χ4n) is 6.88. The molecule has 8 rings (SSSR count). The molecule has 0 unspecified atom stereocenters. The minimum atomic E-state index is 1.16. The second kappa shape index (κ2) is 11.8. The lowest BCUT2D eigenvalue weighted by Crippen LogP contribution is -2.11. The average Bonchev–Trinajstić information content (AvgIpc) is 3.43. The Labute approximate surface area is 280 Å². The maximum absolute atomic E-state index is 2.43. The number of benzene rings is 7. The first-order valence-electron chi connectivity index (χ1n) is 16.2. The molecule has 2 nitrogen and oxygen atoms in total. The van der Waals surface area contributed by atoms with Gasteiger partial charge in [0.1, 0.15) is 0 Å². The Balaban J connectivity index is 1.37. The number of fused-ring (bicyclic) bond motifs is 5. The van der Waals surface area contributed by atoms with Gasteiger partial charge in [-0.1, -0.05) is 78.9 Å². The molecule has 0 amide bonds. The van der Waals surface area contributed by atoms with E-state index in [9.17, 15) is 0 Å². The highest BCUT2D eigenvalue weighted by atomic mass is 32.1. The lowest BCUT2D eigenvalue weighted by molar-refractivity contribution is 1.27. The normalized spacial score (nSPS) is 11.4. The Morgan fingerprint density at radius 1 is 0.362 bits per heavy atom. The maximum Gasteiger partial charge on any atom is 0.0554 e. The Hall–Kier alpha value is -5.38. The van der Waals surface area contributed by atoms with Crippen molar-refractivity contribution in [3.63, 3.8) is 0 Å². The number of hydrogen-bond acceptors (Lipinski definition) is 3. The van der Waals surface area contributed by atoms with E-state index >= 15 is 0 Å². The van der Waals surface area contributed by atoms with Crippen molar-refractivity contribution >= 4 is 76.4 Å². The third-order valence-electron chi connectivity index (χ3n) is 8.98. The summed E-state index contributed by atoms with van der Waals surface area (Å²) in [5, 5.41) is 5.14. The van der Waals surface area contributed by atoms with Gasteiger partial charge in [-0.15, -0.1) is 11.3 Å². The van der Waals surface area contributed by atoms with Crippen molar-refractivity contribution < 1.29 is 0 Å². The van der Waals surface area contributed by atoms with Gasteiger partial charge in [0.2, 0.25) is 0 Å². The summed E-state index contributed by atoms with van der Waals surface area (Å²) in [6.07, 6.45) is 0. The van der Waals surface area contributed by atoms with E-state index in [1.165, 1.54) is 58.9 Å². The molecule has 7 aromatic carbocycles. The van der Waals surface area contributed by atoms with Crippen LogP contribution in [0.3, 0.4) is 0 Å². The summed E-state index contributed by atoms with van der Waals surface area (Å²) in [6, 6.07) is 53.5. The summed E-state index contributed by atoms with van der Waals surface area (Å²) >= 11 is 1.88. The quantitative estimate of drug-likeness (QED) is 0.182. The molecule has 0 bridgehead atoms. The highest BCUT2D eigenvalue weighted by molar-refractivity contribution is 7.26. The third-order valence-corrected chi connectivity index (χ3v) is 10.1. The minimum Gasteiger partial charge on any atom is -0.310 e. The van der Waals surface area contributed by atoms with Gasteiger partial charge in [-0.2, -0.15) is 0 Å². The van der Waals surface area contributed by atoms with Crippen LogP contribution in [0.5, 0.6) is 0 Å². The van der Waals surface area contributed by atoms with Gasteiger partial charge in [-0.25, -0.2) is 0 Å². The molecule has 0 N–H and O–H groups in total. The van der Waals surface area contributed by atoms with E-state index in [-0.39, 0.29) is 0 Å². The minimum absolute atomic E-state index is 1.16. The van der Waals surface area contributed by atoms with Crippen molar-refractivity contribution in [1.82, 2.24) is 0 Å². The van der Waals surface area contributed by atoms with Gasteiger partial charge in [0.05, 0.1) is 5.69 Å². The van der Waals surface area contributed by atoms with Crippen LogP contribution in [0.25, 0.3) is 30.9 Å². The van der Waals surface area contributed by atoms with Crippen LogP contribution < -0.4 is 9.80 Å². The molecule has 1 aromatic heterocycles. The van der Waals surface area contributed by atoms with Crippen molar-refractivity contribution in [3.8, 4) is 0 Å². The zero-order chi connectivity index (χ0) is 32.1. The molecule has 0 aliphatic heterocycles. The fourth-order valence-corrected chi connectivity index (χ4v) is 8.07. The zero-order valence-corrected chi connectivity index (χ0v) is 28.0. The molecular weight excluding hydrogens is 589 g/mol. The standard InChI is InChI=1S/C44H36N2S/c1-29-11-7-15-33(23-29)45(34-16-8-12-30(2)24-34)37-21-22-40-42(27-37)47-43-28-41(38-19-5-6-20-39(38)44(40)43)46(35-17-9-13-31(3)25-35)36-18-10-14-32(4)26-36/h5-28H,1-4H3. The summed E-state index contributed by atoms with van der Waals surface area (Å²) in [7, 11) is 0. The highest BCUT2D eigenvalue weighted by Crippen LogP contribution is 2.47. The maximum atomic E-state index is 2.43. The van der Waals surface area contributed by atoms with Crippen LogP contribution in [0.1, 0.15) is 22.3 Å². The Morgan fingerprint density at radius 3 is 1.34 bits per heavy atom. The smallest absolute Gasteiger partial charge is 0.0554 e. The van der Waals surface area contributed by atoms with Crippen molar-refractivity contribution in [2.24, 2.45) is 0 Å². The van der Waals surface area contributed by atoms with E-state index in [4.69, 9.17) is 0 Å². The number of aryl methyl sites for hydroxylation is 4. The Kier molecular flexibility index (Phi) is 7.27. The van der Waals surface area contributed by atoms with Crippen molar-refractivity contribution in [3.05, 3.63) is 168 Å². The second-order valence-corrected chi connectivity index (χ2v) is 13.7. The first-order chi connectivity index (χ1) is 22.9. The molecule has 0 saturated carbocycles. The van der Waals surface area contributed by atoms with Crippen LogP contribution in [0.4, 0.5) is 34.1 Å². The van der Waals surface area contributed by atoms with Gasteiger partial charge in [-0.3, -0.25) is 0 Å². The van der Waals surface area contributed by atoms with Gasteiger partial charge in [0.15, 0.2) is 0 Å². The molecule has 8 aromatic rings. The first kappa shape index (κ1) is 29.1. The topological polar surface area (TPSA) is 6.48 Å². The largest absolute Gasteiger partial charge is 0.310 e. The van der Waals surface area contributed by atoms with E-state index in [2.05, 4.69) is 183 Å². The molecule has 0 saturated heterocycles. The van der Waals surface area contributed by atoms with Crippen LogP contribution in [0.15, 0.2) is 146 Å². The summed E-state index contributed by atoms with van der Waals surface area (Å²) in [6.45, 7) is 8.65. The molecule has 228 valence electrons. The first-order valence-corrected chi connectivity index (χ1v) is 17.0. The molecule has 0 aliphatic rings. The zero-order valence-electron chi connectivity index (χ0n) is 27.2. The van der Waals surface area contributed by atoms with Gasteiger partial charge >= 0.3 is 0 Å². The summed E-state index contributed by atoms with van der Waals surface area (Å²) in [4.78, 5) is 4.80. The number of rotatable bonds is 6. The van der Waals surface area contributed by atoms with Crippen LogP contribution >= 0.6 is 11.3 Å². The summed E-state index contributed by atoms with van der Waals surface area (Å²) < 4.78 is 2.57. The van der Waals surface area contributed by atoms with Gasteiger partial charge in [0, 0.05) is 54.0 Å². The summed E-state index contributed by atoms with van der Waals surface area (Å²) in [5.74, 6) is 0. The van der Waals surface area contributed by atoms with Crippen molar-refractivity contribution in [1.29, 1.82) is 0 Å². The average molecular weight is 625 g/mol. The predicted molar refractivity (Wildman–Crippen MR) is 205 cm³/mol. The molecule has 47 heavy (non-hydrogen) atoms. The van der Waals surface area contributed by atoms with E-state index in [0.29, 0.717) is 0 Å². The SMILES string of the molecule is Cc1cccc(N(c2cccc(C)c2)c2ccc3c(c2)sc2cc(N(c4cccc(C)c4)c4cccc(C)c4)c4ccccc4c23)c1. The van der Waals surface area contributed by atoms with Crippen LogP contribution in [-0.2, 0) is 0 Å². The predicted octanol–water partition coefficient (Wildman–Crippen LogP) is 13.4. The monoisotopic (exact) mass is 624 g/mol. The molecular formula is C44H36N2S. The van der Waals surface area contributed by atoms with Crippen LogP contribution in [0.2, 0.25) is 0 Å². The van der Waals surface area contributed by atoms with Crippen molar-refractivity contribution in [2.75, 3.05) is 9.80 Å². The molecule has 3 heteroatoms. The molecule has 1 heterocycles. The lowest BCUT2D eigenvalue weighted by Gasteiger charge is -2.27. The number of hydrogen-bond donors (Lipinski definition) is 0. The number of anilines is 6. The van der Waals surface area contributed by atoms with E-state index in [1.807, 2.05) is 11.3 Å². The number of thiophene rings is 1. The molecule has 0 radical (unpaired) electrons.